The summed E-state index contributed by atoms with van der Waals surface area (Å²) in [4.78, 5) is 4.23. The fourth-order valence-corrected chi connectivity index (χ4v) is 2.27. The first-order valence-corrected chi connectivity index (χ1v) is 6.62. The summed E-state index contributed by atoms with van der Waals surface area (Å²) >= 11 is 3.33. The molecule has 0 aliphatic carbocycles. The highest BCUT2D eigenvalue weighted by Crippen LogP contribution is 2.14. The molecule has 16 heavy (non-hydrogen) atoms. The van der Waals surface area contributed by atoms with Gasteiger partial charge in [-0.2, -0.15) is 0 Å². The van der Waals surface area contributed by atoms with E-state index in [0.29, 0.717) is 11.9 Å². The van der Waals surface area contributed by atoms with Crippen molar-refractivity contribution in [3.8, 4) is 5.88 Å². The highest BCUT2D eigenvalue weighted by atomic mass is 79.9. The number of pyridine rings is 1. The predicted molar refractivity (Wildman–Crippen MR) is 67.7 cm³/mol. The molecule has 0 radical (unpaired) electrons. The van der Waals surface area contributed by atoms with Gasteiger partial charge in [0.2, 0.25) is 5.88 Å². The Morgan fingerprint density at radius 1 is 1.44 bits per heavy atom. The highest BCUT2D eigenvalue weighted by Gasteiger charge is 2.12. The Morgan fingerprint density at radius 2 is 2.38 bits per heavy atom. The number of piperidine rings is 1. The Morgan fingerprint density at radius 3 is 3.12 bits per heavy atom. The Bertz CT molecular complexity index is 327. The Kier molecular flexibility index (Phi) is 4.60. The molecule has 2 heterocycles. The average molecular weight is 285 g/mol. The van der Waals surface area contributed by atoms with E-state index in [1.54, 1.807) is 0 Å². The van der Waals surface area contributed by atoms with Gasteiger partial charge in [-0.3, -0.25) is 0 Å². The molecule has 0 spiro atoms. The van der Waals surface area contributed by atoms with Crippen LogP contribution in [-0.2, 0) is 0 Å². The molecule has 1 aromatic rings. The highest BCUT2D eigenvalue weighted by molar-refractivity contribution is 9.10. The topological polar surface area (TPSA) is 34.1 Å². The second-order valence-electron chi connectivity index (χ2n) is 4.08. The van der Waals surface area contributed by atoms with Crippen molar-refractivity contribution in [2.45, 2.75) is 31.7 Å². The molecule has 0 saturated carbocycles. The zero-order valence-electron chi connectivity index (χ0n) is 9.29. The van der Waals surface area contributed by atoms with Gasteiger partial charge in [0, 0.05) is 12.1 Å². The Balaban J connectivity index is 1.71. The normalized spacial score (nSPS) is 20.7. The van der Waals surface area contributed by atoms with E-state index in [0.717, 1.165) is 24.2 Å². The number of halogens is 1. The lowest BCUT2D eigenvalue weighted by molar-refractivity contribution is 0.260. The molecular formula is C12H17BrN2O. The summed E-state index contributed by atoms with van der Waals surface area (Å²) in [5.41, 5.74) is 0. The van der Waals surface area contributed by atoms with Crippen LogP contribution in [0.4, 0.5) is 0 Å². The first-order valence-electron chi connectivity index (χ1n) is 5.83. The zero-order valence-corrected chi connectivity index (χ0v) is 10.9. The number of nitrogens with one attached hydrogen (secondary N) is 1. The summed E-state index contributed by atoms with van der Waals surface area (Å²) in [6, 6.07) is 6.35. The molecule has 3 nitrogen and oxygen atoms in total. The van der Waals surface area contributed by atoms with Crippen LogP contribution in [0.3, 0.4) is 0 Å². The predicted octanol–water partition coefficient (Wildman–Crippen LogP) is 2.76. The van der Waals surface area contributed by atoms with E-state index in [-0.39, 0.29) is 0 Å². The van der Waals surface area contributed by atoms with Gasteiger partial charge >= 0.3 is 0 Å². The maximum Gasteiger partial charge on any atom is 0.214 e. The Hall–Kier alpha value is -0.610. The van der Waals surface area contributed by atoms with E-state index in [1.165, 1.54) is 19.3 Å². The first-order chi connectivity index (χ1) is 7.84. The van der Waals surface area contributed by atoms with Crippen LogP contribution < -0.4 is 10.1 Å². The van der Waals surface area contributed by atoms with Crippen molar-refractivity contribution >= 4 is 15.9 Å². The van der Waals surface area contributed by atoms with Gasteiger partial charge in [0.25, 0.3) is 0 Å². The van der Waals surface area contributed by atoms with Gasteiger partial charge in [0.15, 0.2) is 0 Å². The van der Waals surface area contributed by atoms with Gasteiger partial charge in [0.05, 0.1) is 6.61 Å². The fraction of sp³-hybridized carbons (Fsp3) is 0.583. The summed E-state index contributed by atoms with van der Waals surface area (Å²) < 4.78 is 6.43. The van der Waals surface area contributed by atoms with E-state index in [4.69, 9.17) is 4.74 Å². The van der Waals surface area contributed by atoms with Gasteiger partial charge < -0.3 is 10.1 Å². The third-order valence-corrected chi connectivity index (χ3v) is 3.26. The van der Waals surface area contributed by atoms with Gasteiger partial charge in [0.1, 0.15) is 4.60 Å². The van der Waals surface area contributed by atoms with Crippen molar-refractivity contribution in [3.63, 3.8) is 0 Å². The minimum atomic E-state index is 0.626. The van der Waals surface area contributed by atoms with Crippen LogP contribution in [-0.4, -0.2) is 24.2 Å². The molecule has 88 valence electrons. The molecule has 1 aromatic heterocycles. The minimum Gasteiger partial charge on any atom is -0.478 e. The van der Waals surface area contributed by atoms with Crippen LogP contribution in [0, 0.1) is 0 Å². The van der Waals surface area contributed by atoms with Crippen molar-refractivity contribution in [1.82, 2.24) is 10.3 Å². The van der Waals surface area contributed by atoms with Crippen LogP contribution in [0.5, 0.6) is 5.88 Å². The number of nitrogens with zero attached hydrogens (tertiary/aromatic N) is 1. The summed E-state index contributed by atoms with van der Waals surface area (Å²) in [6.45, 7) is 1.89. The minimum absolute atomic E-state index is 0.626. The SMILES string of the molecule is Brc1cccc(OCC[C@@H]2CCCCN2)n1. The summed E-state index contributed by atoms with van der Waals surface area (Å²) in [5, 5.41) is 3.51. The van der Waals surface area contributed by atoms with Crippen LogP contribution in [0.25, 0.3) is 0 Å². The van der Waals surface area contributed by atoms with Gasteiger partial charge in [-0.15, -0.1) is 0 Å². The van der Waals surface area contributed by atoms with E-state index < -0.39 is 0 Å². The van der Waals surface area contributed by atoms with E-state index in [9.17, 15) is 0 Å². The van der Waals surface area contributed by atoms with Crippen LogP contribution in [0.15, 0.2) is 22.8 Å². The molecule has 1 saturated heterocycles. The van der Waals surface area contributed by atoms with E-state index in [1.807, 2.05) is 18.2 Å². The number of hydrogen-bond donors (Lipinski definition) is 1. The lowest BCUT2D eigenvalue weighted by Crippen LogP contribution is -2.35. The van der Waals surface area contributed by atoms with Crippen LogP contribution >= 0.6 is 15.9 Å². The molecule has 1 fully saturated rings. The van der Waals surface area contributed by atoms with E-state index in [2.05, 4.69) is 26.2 Å². The fourth-order valence-electron chi connectivity index (χ4n) is 1.95. The lowest BCUT2D eigenvalue weighted by Gasteiger charge is -2.23. The molecule has 1 aliphatic heterocycles. The molecule has 0 amide bonds. The standard InChI is InChI=1S/C12H17BrN2O/c13-11-5-3-6-12(15-11)16-9-7-10-4-1-2-8-14-10/h3,5-6,10,14H,1-2,4,7-9H2/t10-/m0/s1. The van der Waals surface area contributed by atoms with Crippen molar-refractivity contribution in [2.75, 3.05) is 13.2 Å². The molecule has 4 heteroatoms. The Labute approximate surface area is 105 Å². The lowest BCUT2D eigenvalue weighted by atomic mass is 10.0. The molecule has 1 atom stereocenters. The number of rotatable bonds is 4. The number of ether oxygens (including phenoxy) is 1. The van der Waals surface area contributed by atoms with Crippen molar-refractivity contribution in [1.29, 1.82) is 0 Å². The molecule has 1 aliphatic rings. The maximum absolute atomic E-state index is 5.61. The molecule has 0 unspecified atom stereocenters. The van der Waals surface area contributed by atoms with Crippen molar-refractivity contribution < 1.29 is 4.74 Å². The summed E-state index contributed by atoms with van der Waals surface area (Å²) in [7, 11) is 0. The van der Waals surface area contributed by atoms with Crippen molar-refractivity contribution in [3.05, 3.63) is 22.8 Å². The quantitative estimate of drug-likeness (QED) is 0.864. The first kappa shape index (κ1) is 11.9. The molecule has 2 rings (SSSR count). The van der Waals surface area contributed by atoms with Crippen molar-refractivity contribution in [2.24, 2.45) is 0 Å². The number of hydrogen-bond acceptors (Lipinski definition) is 3. The maximum atomic E-state index is 5.61. The van der Waals surface area contributed by atoms with Crippen LogP contribution in [0.1, 0.15) is 25.7 Å². The average Bonchev–Trinajstić information content (AvgIpc) is 2.30. The molecule has 0 bridgehead atoms. The zero-order chi connectivity index (χ0) is 11.2. The molecule has 0 aromatic carbocycles. The third kappa shape index (κ3) is 3.76. The molecule has 1 N–H and O–H groups in total. The second-order valence-corrected chi connectivity index (χ2v) is 4.89. The van der Waals surface area contributed by atoms with Gasteiger partial charge in [-0.1, -0.05) is 12.5 Å². The summed E-state index contributed by atoms with van der Waals surface area (Å²) in [5.74, 6) is 0.699. The largest absolute Gasteiger partial charge is 0.478 e. The van der Waals surface area contributed by atoms with E-state index >= 15 is 0 Å². The van der Waals surface area contributed by atoms with Crippen LogP contribution in [0.2, 0.25) is 0 Å². The van der Waals surface area contributed by atoms with Gasteiger partial charge in [-0.25, -0.2) is 4.98 Å². The van der Waals surface area contributed by atoms with Gasteiger partial charge in [-0.05, 0) is 47.8 Å². The smallest absolute Gasteiger partial charge is 0.214 e. The second kappa shape index (κ2) is 6.21. The number of aromatic nitrogens is 1. The monoisotopic (exact) mass is 284 g/mol. The molecular weight excluding hydrogens is 268 g/mol. The summed E-state index contributed by atoms with van der Waals surface area (Å²) in [6.07, 6.45) is 4.99. The third-order valence-electron chi connectivity index (χ3n) is 2.82.